The van der Waals surface area contributed by atoms with Gasteiger partial charge in [-0.3, -0.25) is 9.69 Å². The zero-order valence-electron chi connectivity index (χ0n) is 15.4. The summed E-state index contributed by atoms with van der Waals surface area (Å²) in [5.41, 5.74) is 1.99. The third-order valence-electron chi connectivity index (χ3n) is 5.18. The van der Waals surface area contributed by atoms with E-state index in [2.05, 4.69) is 10.2 Å². The van der Waals surface area contributed by atoms with Gasteiger partial charge in [-0.1, -0.05) is 12.1 Å². The normalized spacial score (nSPS) is 16.7. The zero-order chi connectivity index (χ0) is 19.5. The number of carboxylic acid groups (broad SMARTS) is 1. The van der Waals surface area contributed by atoms with E-state index in [1.165, 1.54) is 0 Å². The molecule has 7 heteroatoms. The average molecular weight is 382 g/mol. The maximum atomic E-state index is 12.6. The van der Waals surface area contributed by atoms with Crippen LogP contribution in [0.1, 0.15) is 28.8 Å². The molecule has 2 aliphatic heterocycles. The first-order chi connectivity index (χ1) is 13.6. The number of nitrogens with one attached hydrogen (secondary N) is 1. The molecule has 0 spiro atoms. The molecular weight excluding hydrogens is 360 g/mol. The van der Waals surface area contributed by atoms with E-state index in [-0.39, 0.29) is 18.6 Å². The van der Waals surface area contributed by atoms with Crippen molar-refractivity contribution in [2.45, 2.75) is 19.4 Å². The molecule has 1 saturated heterocycles. The molecule has 28 heavy (non-hydrogen) atoms. The van der Waals surface area contributed by atoms with Crippen molar-refractivity contribution >= 4 is 17.6 Å². The quantitative estimate of drug-likeness (QED) is 0.827. The standard InChI is InChI=1S/C21H22N2O5/c24-20(22-17-4-5-18-19(11-17)28-13-27-18)15-6-8-23(9-7-15)12-14-2-1-3-16(10-14)21(25)26/h1-5,10-11,15H,6-9,12-13H2,(H,22,24)(H,25,26). The smallest absolute Gasteiger partial charge is 0.335 e. The molecule has 2 aromatic rings. The minimum atomic E-state index is -0.916. The van der Waals surface area contributed by atoms with Crippen LogP contribution in [0.25, 0.3) is 0 Å². The number of ether oxygens (including phenoxy) is 2. The lowest BCUT2D eigenvalue weighted by molar-refractivity contribution is -0.121. The number of benzene rings is 2. The van der Waals surface area contributed by atoms with Crippen molar-refractivity contribution in [3.63, 3.8) is 0 Å². The Morgan fingerprint density at radius 2 is 1.86 bits per heavy atom. The number of hydrogen-bond donors (Lipinski definition) is 2. The predicted molar refractivity (Wildman–Crippen MR) is 103 cm³/mol. The molecule has 0 aliphatic carbocycles. The Balaban J connectivity index is 1.29. The molecule has 0 aromatic heterocycles. The highest BCUT2D eigenvalue weighted by atomic mass is 16.7. The van der Waals surface area contributed by atoms with E-state index >= 15 is 0 Å². The molecule has 146 valence electrons. The molecule has 0 radical (unpaired) electrons. The molecule has 0 saturated carbocycles. The molecule has 2 aromatic carbocycles. The average Bonchev–Trinajstić information content (AvgIpc) is 3.16. The van der Waals surface area contributed by atoms with E-state index in [9.17, 15) is 9.59 Å². The number of carbonyl (C=O) groups excluding carboxylic acids is 1. The van der Waals surface area contributed by atoms with Crippen LogP contribution >= 0.6 is 0 Å². The lowest BCUT2D eigenvalue weighted by atomic mass is 9.95. The van der Waals surface area contributed by atoms with Crippen LogP contribution in [0.15, 0.2) is 42.5 Å². The predicted octanol–water partition coefficient (Wildman–Crippen LogP) is 2.96. The summed E-state index contributed by atoms with van der Waals surface area (Å²) >= 11 is 0. The fraction of sp³-hybridized carbons (Fsp3) is 0.333. The summed E-state index contributed by atoms with van der Waals surface area (Å²) in [4.78, 5) is 25.9. The zero-order valence-corrected chi connectivity index (χ0v) is 15.4. The van der Waals surface area contributed by atoms with Crippen molar-refractivity contribution in [3.05, 3.63) is 53.6 Å². The van der Waals surface area contributed by atoms with Gasteiger partial charge in [-0.2, -0.15) is 0 Å². The molecule has 2 heterocycles. The summed E-state index contributed by atoms with van der Waals surface area (Å²) in [5.74, 6) is 0.411. The van der Waals surface area contributed by atoms with Gasteiger partial charge in [-0.05, 0) is 55.8 Å². The SMILES string of the molecule is O=C(O)c1cccc(CN2CCC(C(=O)Nc3ccc4c(c3)OCO4)CC2)c1. The van der Waals surface area contributed by atoms with Gasteiger partial charge in [0.25, 0.3) is 0 Å². The fourth-order valence-corrected chi connectivity index (χ4v) is 3.63. The van der Waals surface area contributed by atoms with Crippen LogP contribution < -0.4 is 14.8 Å². The van der Waals surface area contributed by atoms with E-state index < -0.39 is 5.97 Å². The Labute approximate surface area is 162 Å². The number of aromatic carboxylic acids is 1. The number of amides is 1. The summed E-state index contributed by atoms with van der Waals surface area (Å²) in [6.07, 6.45) is 1.55. The summed E-state index contributed by atoms with van der Waals surface area (Å²) in [5, 5.41) is 12.1. The van der Waals surface area contributed by atoms with Gasteiger partial charge in [0.1, 0.15) is 0 Å². The molecule has 1 amide bonds. The van der Waals surface area contributed by atoms with Crippen molar-refractivity contribution in [2.24, 2.45) is 5.92 Å². The Morgan fingerprint density at radius 3 is 2.64 bits per heavy atom. The third-order valence-corrected chi connectivity index (χ3v) is 5.18. The van der Waals surface area contributed by atoms with Gasteiger partial charge in [-0.15, -0.1) is 0 Å². The van der Waals surface area contributed by atoms with E-state index in [0.29, 0.717) is 29.3 Å². The van der Waals surface area contributed by atoms with E-state index in [1.54, 1.807) is 30.3 Å². The maximum Gasteiger partial charge on any atom is 0.335 e. The molecule has 2 aliphatic rings. The number of nitrogens with zero attached hydrogens (tertiary/aromatic N) is 1. The topological polar surface area (TPSA) is 88.1 Å². The highest BCUT2D eigenvalue weighted by Crippen LogP contribution is 2.34. The van der Waals surface area contributed by atoms with Gasteiger partial charge in [-0.25, -0.2) is 4.79 Å². The van der Waals surface area contributed by atoms with Gasteiger partial charge < -0.3 is 19.9 Å². The lowest BCUT2D eigenvalue weighted by Gasteiger charge is -2.31. The molecule has 0 bridgehead atoms. The van der Waals surface area contributed by atoms with Crippen LogP contribution in [0, 0.1) is 5.92 Å². The number of carbonyl (C=O) groups is 2. The van der Waals surface area contributed by atoms with Gasteiger partial charge in [0.2, 0.25) is 12.7 Å². The minimum Gasteiger partial charge on any atom is -0.478 e. The van der Waals surface area contributed by atoms with Crippen LogP contribution in [0.4, 0.5) is 5.69 Å². The fourth-order valence-electron chi connectivity index (χ4n) is 3.63. The van der Waals surface area contributed by atoms with Crippen LogP contribution in [0.3, 0.4) is 0 Å². The highest BCUT2D eigenvalue weighted by Gasteiger charge is 2.25. The number of likely N-dealkylation sites (tertiary alicyclic amines) is 1. The molecule has 7 nitrogen and oxygen atoms in total. The van der Waals surface area contributed by atoms with Gasteiger partial charge >= 0.3 is 5.97 Å². The van der Waals surface area contributed by atoms with Crippen molar-refractivity contribution in [1.82, 2.24) is 4.90 Å². The number of carboxylic acids is 1. The van der Waals surface area contributed by atoms with Crippen molar-refractivity contribution in [3.8, 4) is 11.5 Å². The molecular formula is C21H22N2O5. The number of piperidine rings is 1. The van der Waals surface area contributed by atoms with Gasteiger partial charge in [0.05, 0.1) is 5.56 Å². The molecule has 0 unspecified atom stereocenters. The maximum absolute atomic E-state index is 12.6. The van der Waals surface area contributed by atoms with Crippen molar-refractivity contribution in [2.75, 3.05) is 25.2 Å². The van der Waals surface area contributed by atoms with Gasteiger partial charge in [0, 0.05) is 24.2 Å². The largest absolute Gasteiger partial charge is 0.478 e. The number of anilines is 1. The Hall–Kier alpha value is -3.06. The number of hydrogen-bond acceptors (Lipinski definition) is 5. The Bertz CT molecular complexity index is 890. The van der Waals surface area contributed by atoms with Crippen LogP contribution in [0.2, 0.25) is 0 Å². The van der Waals surface area contributed by atoms with Crippen LogP contribution in [0.5, 0.6) is 11.5 Å². The second-order valence-corrected chi connectivity index (χ2v) is 7.11. The van der Waals surface area contributed by atoms with Gasteiger partial charge in [0.15, 0.2) is 11.5 Å². The Kier molecular flexibility index (Phi) is 5.16. The summed E-state index contributed by atoms with van der Waals surface area (Å²) in [6.45, 7) is 2.51. The van der Waals surface area contributed by atoms with Crippen LogP contribution in [-0.2, 0) is 11.3 Å². The monoisotopic (exact) mass is 382 g/mol. The van der Waals surface area contributed by atoms with E-state index in [1.807, 2.05) is 12.1 Å². The molecule has 0 atom stereocenters. The van der Waals surface area contributed by atoms with E-state index in [4.69, 9.17) is 14.6 Å². The summed E-state index contributed by atoms with van der Waals surface area (Å²) in [6, 6.07) is 12.4. The second kappa shape index (κ2) is 7.90. The first kappa shape index (κ1) is 18.3. The number of rotatable bonds is 5. The second-order valence-electron chi connectivity index (χ2n) is 7.11. The molecule has 1 fully saturated rings. The van der Waals surface area contributed by atoms with E-state index in [0.717, 1.165) is 31.5 Å². The Morgan fingerprint density at radius 1 is 1.07 bits per heavy atom. The first-order valence-electron chi connectivity index (χ1n) is 9.33. The molecule has 4 rings (SSSR count). The number of fused-ring (bicyclic) bond motifs is 1. The van der Waals surface area contributed by atoms with Crippen LogP contribution in [-0.4, -0.2) is 41.8 Å². The molecule has 2 N–H and O–H groups in total. The van der Waals surface area contributed by atoms with Crippen molar-refractivity contribution in [1.29, 1.82) is 0 Å². The van der Waals surface area contributed by atoms with Crippen molar-refractivity contribution < 1.29 is 24.2 Å². The minimum absolute atomic E-state index is 0.0198. The third kappa shape index (κ3) is 4.09. The summed E-state index contributed by atoms with van der Waals surface area (Å²) < 4.78 is 10.6. The lowest BCUT2D eigenvalue weighted by Crippen LogP contribution is -2.37. The first-order valence-corrected chi connectivity index (χ1v) is 9.33. The highest BCUT2D eigenvalue weighted by molar-refractivity contribution is 5.93. The summed E-state index contributed by atoms with van der Waals surface area (Å²) in [7, 11) is 0.